The summed E-state index contributed by atoms with van der Waals surface area (Å²) < 4.78 is 10.7. The molecule has 1 aliphatic rings. The van der Waals surface area contributed by atoms with E-state index in [0.29, 0.717) is 11.5 Å². The molecule has 0 aromatic heterocycles. The molecule has 0 saturated carbocycles. The Morgan fingerprint density at radius 1 is 1.50 bits per heavy atom. The molecule has 1 aliphatic heterocycles. The van der Waals surface area contributed by atoms with Crippen molar-refractivity contribution in [2.45, 2.75) is 13.0 Å². The smallest absolute Gasteiger partial charge is 0.262 e. The molecule has 1 aromatic rings. The van der Waals surface area contributed by atoms with Gasteiger partial charge in [-0.25, -0.2) is 0 Å². The van der Waals surface area contributed by atoms with Crippen LogP contribution < -0.4 is 15.2 Å². The predicted octanol–water partition coefficient (Wildman–Crippen LogP) is 0.620. The van der Waals surface area contributed by atoms with E-state index in [1.54, 1.807) is 0 Å². The Bertz CT molecular complexity index is 376. The molecule has 14 heavy (non-hydrogen) atoms. The first-order valence-electron chi connectivity index (χ1n) is 4.36. The summed E-state index contributed by atoms with van der Waals surface area (Å²) >= 11 is 0. The molecular formula is C10H11NO3. The molecule has 0 spiro atoms. The maximum Gasteiger partial charge on any atom is 0.262 e. The van der Waals surface area contributed by atoms with E-state index in [1.165, 1.54) is 0 Å². The average Bonchev–Trinajstić information content (AvgIpc) is 2.16. The second kappa shape index (κ2) is 3.21. The summed E-state index contributed by atoms with van der Waals surface area (Å²) in [6.45, 7) is 2.13. The molecule has 74 valence electrons. The Morgan fingerprint density at radius 2 is 2.29 bits per heavy atom. The van der Waals surface area contributed by atoms with Crippen LogP contribution in [0.25, 0.3) is 0 Å². The number of hydrogen-bond acceptors (Lipinski definition) is 3. The van der Waals surface area contributed by atoms with Crippen molar-refractivity contribution in [3.05, 3.63) is 23.8 Å². The van der Waals surface area contributed by atoms with Gasteiger partial charge in [0.2, 0.25) is 6.10 Å². The number of aryl methyl sites for hydroxylation is 1. The van der Waals surface area contributed by atoms with Gasteiger partial charge in [0.1, 0.15) is 6.61 Å². The fourth-order valence-corrected chi connectivity index (χ4v) is 1.32. The van der Waals surface area contributed by atoms with Crippen LogP contribution in [0.2, 0.25) is 0 Å². The van der Waals surface area contributed by atoms with Crippen LogP contribution in [0.4, 0.5) is 0 Å². The van der Waals surface area contributed by atoms with Crippen molar-refractivity contribution in [1.82, 2.24) is 0 Å². The van der Waals surface area contributed by atoms with E-state index >= 15 is 0 Å². The number of nitrogens with two attached hydrogens (primary N) is 1. The van der Waals surface area contributed by atoms with E-state index in [2.05, 4.69) is 0 Å². The SMILES string of the molecule is Cc1ccc2c(c1)OC(C(N)=O)CO2. The molecule has 1 heterocycles. The highest BCUT2D eigenvalue weighted by Gasteiger charge is 2.25. The summed E-state index contributed by atoms with van der Waals surface area (Å²) in [5.41, 5.74) is 6.17. The highest BCUT2D eigenvalue weighted by molar-refractivity contribution is 5.79. The molecule has 4 nitrogen and oxygen atoms in total. The molecule has 2 N–H and O–H groups in total. The number of primary amides is 1. The molecule has 0 fully saturated rings. The number of fused-ring (bicyclic) bond motifs is 1. The molecule has 2 rings (SSSR count). The fourth-order valence-electron chi connectivity index (χ4n) is 1.32. The highest BCUT2D eigenvalue weighted by atomic mass is 16.6. The number of benzene rings is 1. The first-order chi connectivity index (χ1) is 6.66. The van der Waals surface area contributed by atoms with Gasteiger partial charge in [-0.05, 0) is 24.6 Å². The fraction of sp³-hybridized carbons (Fsp3) is 0.300. The minimum atomic E-state index is -0.677. The standard InChI is InChI=1S/C10H11NO3/c1-6-2-3-7-8(4-6)14-9(5-13-7)10(11)12/h2-4,9H,5H2,1H3,(H2,11,12). The van der Waals surface area contributed by atoms with E-state index in [1.807, 2.05) is 25.1 Å². The van der Waals surface area contributed by atoms with Gasteiger partial charge < -0.3 is 15.2 Å². The largest absolute Gasteiger partial charge is 0.485 e. The van der Waals surface area contributed by atoms with Crippen LogP contribution in [0.5, 0.6) is 11.5 Å². The second-order valence-electron chi connectivity index (χ2n) is 3.27. The number of carbonyl (C=O) groups excluding carboxylic acids is 1. The predicted molar refractivity (Wildman–Crippen MR) is 50.3 cm³/mol. The lowest BCUT2D eigenvalue weighted by Gasteiger charge is -2.24. The number of hydrogen-bond donors (Lipinski definition) is 1. The Morgan fingerprint density at radius 3 is 3.00 bits per heavy atom. The van der Waals surface area contributed by atoms with Crippen molar-refractivity contribution in [3.63, 3.8) is 0 Å². The van der Waals surface area contributed by atoms with Gasteiger partial charge in [-0.15, -0.1) is 0 Å². The van der Waals surface area contributed by atoms with E-state index < -0.39 is 12.0 Å². The van der Waals surface area contributed by atoms with Crippen molar-refractivity contribution in [2.24, 2.45) is 5.73 Å². The second-order valence-corrected chi connectivity index (χ2v) is 3.27. The number of amides is 1. The summed E-state index contributed by atoms with van der Waals surface area (Å²) in [5, 5.41) is 0. The Balaban J connectivity index is 2.29. The van der Waals surface area contributed by atoms with Crippen molar-refractivity contribution < 1.29 is 14.3 Å². The molecule has 0 aliphatic carbocycles. The van der Waals surface area contributed by atoms with E-state index in [9.17, 15) is 4.79 Å². The summed E-state index contributed by atoms with van der Waals surface area (Å²) in [7, 11) is 0. The van der Waals surface area contributed by atoms with Gasteiger partial charge in [0, 0.05) is 0 Å². The van der Waals surface area contributed by atoms with E-state index in [4.69, 9.17) is 15.2 Å². The molecule has 1 amide bonds. The van der Waals surface area contributed by atoms with Crippen LogP contribution in [0.1, 0.15) is 5.56 Å². The van der Waals surface area contributed by atoms with Gasteiger partial charge in [-0.3, -0.25) is 4.79 Å². The molecule has 1 atom stereocenters. The molecule has 1 aromatic carbocycles. The Kier molecular flexibility index (Phi) is 2.04. The maximum absolute atomic E-state index is 10.9. The van der Waals surface area contributed by atoms with Crippen molar-refractivity contribution in [2.75, 3.05) is 6.61 Å². The zero-order valence-electron chi connectivity index (χ0n) is 7.82. The number of rotatable bonds is 1. The van der Waals surface area contributed by atoms with Crippen LogP contribution in [0, 0.1) is 6.92 Å². The Hall–Kier alpha value is -1.71. The van der Waals surface area contributed by atoms with Gasteiger partial charge in [-0.2, -0.15) is 0 Å². The third-order valence-corrected chi connectivity index (χ3v) is 2.08. The lowest BCUT2D eigenvalue weighted by atomic mass is 10.2. The molecule has 0 radical (unpaired) electrons. The van der Waals surface area contributed by atoms with Crippen LogP contribution in [0.15, 0.2) is 18.2 Å². The van der Waals surface area contributed by atoms with Gasteiger partial charge in [0.15, 0.2) is 11.5 Å². The van der Waals surface area contributed by atoms with Crippen LogP contribution >= 0.6 is 0 Å². The first-order valence-corrected chi connectivity index (χ1v) is 4.36. The average molecular weight is 193 g/mol. The molecule has 0 saturated heterocycles. The zero-order chi connectivity index (χ0) is 10.1. The van der Waals surface area contributed by atoms with Crippen LogP contribution in [-0.4, -0.2) is 18.6 Å². The number of ether oxygens (including phenoxy) is 2. The highest BCUT2D eigenvalue weighted by Crippen LogP contribution is 2.32. The van der Waals surface area contributed by atoms with E-state index in [-0.39, 0.29) is 6.61 Å². The minimum Gasteiger partial charge on any atom is -0.485 e. The molecule has 1 unspecified atom stereocenters. The zero-order valence-corrected chi connectivity index (χ0v) is 7.82. The van der Waals surface area contributed by atoms with Crippen LogP contribution in [0.3, 0.4) is 0 Å². The lowest BCUT2D eigenvalue weighted by molar-refractivity contribution is -0.127. The summed E-state index contributed by atoms with van der Waals surface area (Å²) in [5.74, 6) is 0.741. The monoisotopic (exact) mass is 193 g/mol. The summed E-state index contributed by atoms with van der Waals surface area (Å²) in [6.07, 6.45) is -0.677. The summed E-state index contributed by atoms with van der Waals surface area (Å²) in [4.78, 5) is 10.9. The first kappa shape index (κ1) is 8.87. The molecular weight excluding hydrogens is 182 g/mol. The van der Waals surface area contributed by atoms with Crippen molar-refractivity contribution in [1.29, 1.82) is 0 Å². The normalized spacial score (nSPS) is 19.1. The van der Waals surface area contributed by atoms with Crippen molar-refractivity contribution in [3.8, 4) is 11.5 Å². The third-order valence-electron chi connectivity index (χ3n) is 2.08. The van der Waals surface area contributed by atoms with Gasteiger partial charge in [0.25, 0.3) is 5.91 Å². The van der Waals surface area contributed by atoms with Gasteiger partial charge >= 0.3 is 0 Å². The van der Waals surface area contributed by atoms with Gasteiger partial charge in [-0.1, -0.05) is 6.07 Å². The molecule has 4 heteroatoms. The summed E-state index contributed by atoms with van der Waals surface area (Å²) in [6, 6.07) is 5.57. The third kappa shape index (κ3) is 1.51. The topological polar surface area (TPSA) is 61.5 Å². The Labute approximate surface area is 81.6 Å². The lowest BCUT2D eigenvalue weighted by Crippen LogP contribution is -2.40. The van der Waals surface area contributed by atoms with Crippen molar-refractivity contribution >= 4 is 5.91 Å². The quantitative estimate of drug-likeness (QED) is 0.711. The van der Waals surface area contributed by atoms with E-state index in [0.717, 1.165) is 5.56 Å². The van der Waals surface area contributed by atoms with Crippen LogP contribution in [-0.2, 0) is 4.79 Å². The molecule has 0 bridgehead atoms. The number of carbonyl (C=O) groups is 1. The van der Waals surface area contributed by atoms with Gasteiger partial charge in [0.05, 0.1) is 0 Å². The minimum absolute atomic E-state index is 0.186. The maximum atomic E-state index is 10.9.